The predicted octanol–water partition coefficient (Wildman–Crippen LogP) is 4.41. The lowest BCUT2D eigenvalue weighted by Gasteiger charge is -2.16. The standard InChI is InChI=1S/C20H23BrN2O4/c1-4-25-17-11-15(12-18(26-5-2)19(17)27-6-3)20(24)23-22-13-14-9-7-8-10-16(14)21/h7-13H,4-6H2,1-3H3,(H,23,24)/b22-13+. The van der Waals surface area contributed by atoms with Gasteiger partial charge in [-0.1, -0.05) is 34.1 Å². The third-order valence-electron chi connectivity index (χ3n) is 3.45. The number of ether oxygens (including phenoxy) is 3. The molecule has 0 spiro atoms. The van der Waals surface area contributed by atoms with Gasteiger partial charge in [-0.3, -0.25) is 4.79 Å². The minimum absolute atomic E-state index is 0.370. The second-order valence-corrected chi connectivity index (χ2v) is 6.18. The number of nitrogens with one attached hydrogen (secondary N) is 1. The van der Waals surface area contributed by atoms with Crippen LogP contribution in [0.5, 0.6) is 17.2 Å². The molecule has 0 saturated heterocycles. The van der Waals surface area contributed by atoms with Gasteiger partial charge >= 0.3 is 0 Å². The second-order valence-electron chi connectivity index (χ2n) is 5.32. The summed E-state index contributed by atoms with van der Waals surface area (Å²) < 4.78 is 17.8. The van der Waals surface area contributed by atoms with Crippen LogP contribution in [0.3, 0.4) is 0 Å². The Balaban J connectivity index is 2.25. The quantitative estimate of drug-likeness (QED) is 0.468. The van der Waals surface area contributed by atoms with Gasteiger partial charge in [0.25, 0.3) is 5.91 Å². The molecule has 27 heavy (non-hydrogen) atoms. The van der Waals surface area contributed by atoms with Crippen molar-refractivity contribution in [3.8, 4) is 17.2 Å². The number of carbonyl (C=O) groups excluding carboxylic acids is 1. The van der Waals surface area contributed by atoms with E-state index in [0.29, 0.717) is 42.6 Å². The maximum absolute atomic E-state index is 12.5. The van der Waals surface area contributed by atoms with Crippen molar-refractivity contribution >= 4 is 28.1 Å². The monoisotopic (exact) mass is 434 g/mol. The summed E-state index contributed by atoms with van der Waals surface area (Å²) in [6, 6.07) is 10.8. The van der Waals surface area contributed by atoms with Crippen LogP contribution in [-0.4, -0.2) is 31.9 Å². The van der Waals surface area contributed by atoms with Crippen LogP contribution in [0.2, 0.25) is 0 Å². The van der Waals surface area contributed by atoms with Gasteiger partial charge in [0.15, 0.2) is 11.5 Å². The van der Waals surface area contributed by atoms with E-state index in [1.165, 1.54) is 0 Å². The van der Waals surface area contributed by atoms with E-state index in [9.17, 15) is 4.79 Å². The Morgan fingerprint density at radius 3 is 2.19 bits per heavy atom. The molecule has 7 heteroatoms. The molecule has 0 fully saturated rings. The number of hydrogen-bond acceptors (Lipinski definition) is 5. The van der Waals surface area contributed by atoms with E-state index in [1.54, 1.807) is 18.3 Å². The van der Waals surface area contributed by atoms with E-state index in [1.807, 2.05) is 45.0 Å². The number of hydrogen-bond donors (Lipinski definition) is 1. The fraction of sp³-hybridized carbons (Fsp3) is 0.300. The molecule has 0 aliphatic rings. The molecule has 2 rings (SSSR count). The normalized spacial score (nSPS) is 10.7. The van der Waals surface area contributed by atoms with Gasteiger partial charge in [0, 0.05) is 15.6 Å². The average molecular weight is 435 g/mol. The minimum atomic E-state index is -0.372. The van der Waals surface area contributed by atoms with Crippen molar-refractivity contribution in [1.29, 1.82) is 0 Å². The van der Waals surface area contributed by atoms with Gasteiger partial charge in [-0.25, -0.2) is 5.43 Å². The number of rotatable bonds is 9. The largest absolute Gasteiger partial charge is 0.490 e. The topological polar surface area (TPSA) is 69.2 Å². The Morgan fingerprint density at radius 1 is 1.04 bits per heavy atom. The van der Waals surface area contributed by atoms with Crippen LogP contribution in [-0.2, 0) is 0 Å². The molecule has 6 nitrogen and oxygen atoms in total. The maximum atomic E-state index is 12.5. The third-order valence-corrected chi connectivity index (χ3v) is 4.17. The van der Waals surface area contributed by atoms with Crippen molar-refractivity contribution in [2.45, 2.75) is 20.8 Å². The average Bonchev–Trinajstić information content (AvgIpc) is 2.66. The number of halogens is 1. The van der Waals surface area contributed by atoms with Crippen molar-refractivity contribution in [3.05, 3.63) is 52.0 Å². The van der Waals surface area contributed by atoms with Gasteiger partial charge in [0.05, 0.1) is 26.0 Å². The van der Waals surface area contributed by atoms with E-state index in [2.05, 4.69) is 26.5 Å². The molecule has 2 aromatic rings. The van der Waals surface area contributed by atoms with Crippen LogP contribution in [0.1, 0.15) is 36.7 Å². The predicted molar refractivity (Wildman–Crippen MR) is 109 cm³/mol. The van der Waals surface area contributed by atoms with Crippen LogP contribution in [0.4, 0.5) is 0 Å². The van der Waals surface area contributed by atoms with E-state index >= 15 is 0 Å². The number of nitrogens with zero attached hydrogens (tertiary/aromatic N) is 1. The molecule has 0 radical (unpaired) electrons. The highest BCUT2D eigenvalue weighted by Gasteiger charge is 2.18. The highest BCUT2D eigenvalue weighted by Crippen LogP contribution is 2.39. The zero-order chi connectivity index (χ0) is 19.6. The Bertz CT molecular complexity index is 781. The van der Waals surface area contributed by atoms with Crippen LogP contribution >= 0.6 is 15.9 Å². The first-order valence-corrected chi connectivity index (χ1v) is 9.54. The Hall–Kier alpha value is -2.54. The molecule has 2 aromatic carbocycles. The molecular formula is C20H23BrN2O4. The molecular weight excluding hydrogens is 412 g/mol. The van der Waals surface area contributed by atoms with E-state index < -0.39 is 0 Å². The van der Waals surface area contributed by atoms with E-state index in [4.69, 9.17) is 14.2 Å². The molecule has 0 unspecified atom stereocenters. The van der Waals surface area contributed by atoms with Gasteiger partial charge in [0.2, 0.25) is 5.75 Å². The van der Waals surface area contributed by atoms with Gasteiger partial charge < -0.3 is 14.2 Å². The fourth-order valence-corrected chi connectivity index (χ4v) is 2.71. The Labute approximate surface area is 167 Å². The smallest absolute Gasteiger partial charge is 0.271 e. The maximum Gasteiger partial charge on any atom is 0.271 e. The molecule has 1 amide bonds. The van der Waals surface area contributed by atoms with E-state index in [-0.39, 0.29) is 5.91 Å². The van der Waals surface area contributed by atoms with E-state index in [0.717, 1.165) is 10.0 Å². The van der Waals surface area contributed by atoms with Crippen molar-refractivity contribution in [1.82, 2.24) is 5.43 Å². The summed E-state index contributed by atoms with van der Waals surface area (Å²) in [4.78, 5) is 12.5. The lowest BCUT2D eigenvalue weighted by atomic mass is 10.1. The molecule has 0 saturated carbocycles. The third kappa shape index (κ3) is 5.72. The Morgan fingerprint density at radius 2 is 1.63 bits per heavy atom. The molecule has 0 aromatic heterocycles. The first-order valence-electron chi connectivity index (χ1n) is 8.75. The van der Waals surface area contributed by atoms with Crippen molar-refractivity contribution in [3.63, 3.8) is 0 Å². The first kappa shape index (κ1) is 20.8. The van der Waals surface area contributed by atoms with Gasteiger partial charge in [-0.2, -0.15) is 5.10 Å². The first-order chi connectivity index (χ1) is 13.1. The summed E-state index contributed by atoms with van der Waals surface area (Å²) in [5.74, 6) is 1.05. The van der Waals surface area contributed by atoms with Crippen LogP contribution in [0.15, 0.2) is 46.0 Å². The SMILES string of the molecule is CCOc1cc(C(=O)N/N=C/c2ccccc2Br)cc(OCC)c1OCC. The summed E-state index contributed by atoms with van der Waals surface area (Å²) in [5, 5.41) is 4.02. The number of hydrazone groups is 1. The Kier molecular flexibility index (Phi) is 8.13. The number of benzene rings is 2. The summed E-state index contributed by atoms with van der Waals surface area (Å²) in [6.07, 6.45) is 1.57. The van der Waals surface area contributed by atoms with Gasteiger partial charge in [0.1, 0.15) is 0 Å². The molecule has 144 valence electrons. The van der Waals surface area contributed by atoms with Crippen molar-refractivity contribution in [2.75, 3.05) is 19.8 Å². The van der Waals surface area contributed by atoms with Crippen LogP contribution < -0.4 is 19.6 Å². The lowest BCUT2D eigenvalue weighted by Crippen LogP contribution is -2.18. The highest BCUT2D eigenvalue weighted by atomic mass is 79.9. The summed E-state index contributed by atoms with van der Waals surface area (Å²) in [7, 11) is 0. The minimum Gasteiger partial charge on any atom is -0.490 e. The van der Waals surface area contributed by atoms with Crippen LogP contribution in [0.25, 0.3) is 0 Å². The summed E-state index contributed by atoms with van der Waals surface area (Å²) in [5.41, 5.74) is 3.75. The molecule has 1 N–H and O–H groups in total. The highest BCUT2D eigenvalue weighted by molar-refractivity contribution is 9.10. The van der Waals surface area contributed by atoms with Crippen molar-refractivity contribution in [2.24, 2.45) is 5.10 Å². The number of carbonyl (C=O) groups is 1. The molecule has 0 bridgehead atoms. The molecule has 0 aliphatic carbocycles. The molecule has 0 heterocycles. The fourth-order valence-electron chi connectivity index (χ4n) is 2.32. The summed E-state index contributed by atoms with van der Waals surface area (Å²) in [6.45, 7) is 6.95. The molecule has 0 aliphatic heterocycles. The summed E-state index contributed by atoms with van der Waals surface area (Å²) >= 11 is 3.43. The van der Waals surface area contributed by atoms with Gasteiger partial charge in [-0.15, -0.1) is 0 Å². The van der Waals surface area contributed by atoms with Crippen LogP contribution in [0, 0.1) is 0 Å². The second kappa shape index (κ2) is 10.6. The zero-order valence-corrected chi connectivity index (χ0v) is 17.2. The van der Waals surface area contributed by atoms with Crippen molar-refractivity contribution < 1.29 is 19.0 Å². The lowest BCUT2D eigenvalue weighted by molar-refractivity contribution is 0.0954. The molecule has 0 atom stereocenters. The number of amides is 1. The zero-order valence-electron chi connectivity index (χ0n) is 15.6. The van der Waals surface area contributed by atoms with Gasteiger partial charge in [-0.05, 0) is 39.0 Å².